The molecule has 3 heteroatoms. The van der Waals surface area contributed by atoms with Gasteiger partial charge in [0, 0.05) is 19.2 Å². The number of hydrogen-bond acceptors (Lipinski definition) is 3. The normalized spacial score (nSPS) is 31.7. The second kappa shape index (κ2) is 7.46. The molecule has 0 aromatic rings. The first-order valence-corrected chi connectivity index (χ1v) is 7.87. The molecule has 2 aliphatic heterocycles. The maximum absolute atomic E-state index is 9.29. The van der Waals surface area contributed by atoms with E-state index in [-0.39, 0.29) is 0 Å². The highest BCUT2D eigenvalue weighted by atomic mass is 16.3. The van der Waals surface area contributed by atoms with Crippen molar-refractivity contribution in [2.24, 2.45) is 5.92 Å². The lowest BCUT2D eigenvalue weighted by Crippen LogP contribution is -2.44. The molecular weight excluding hydrogens is 224 g/mol. The summed E-state index contributed by atoms with van der Waals surface area (Å²) in [5.74, 6) is 0.524. The molecular formula is C15H30N2O. The molecule has 3 nitrogen and oxygen atoms in total. The third-order valence-electron chi connectivity index (χ3n) is 4.74. The number of nitrogens with zero attached hydrogens (tertiary/aromatic N) is 2. The van der Waals surface area contributed by atoms with Crippen LogP contribution in [0.4, 0.5) is 0 Å². The Labute approximate surface area is 112 Å². The van der Waals surface area contributed by atoms with Gasteiger partial charge in [-0.05, 0) is 71.1 Å². The summed E-state index contributed by atoms with van der Waals surface area (Å²) in [6, 6.07) is 0.717. The standard InChI is InChI=1S/C15H30N2O/c1-14-6-7-15(13-18)12-17(14)11-5-10-16-8-3-2-4-9-16/h14-15,18H,2-13H2,1H3/t14-,15-/m1/s1. The molecule has 0 saturated carbocycles. The summed E-state index contributed by atoms with van der Waals surface area (Å²) in [7, 11) is 0. The van der Waals surface area contributed by atoms with E-state index in [0.717, 1.165) is 6.54 Å². The quantitative estimate of drug-likeness (QED) is 0.812. The molecule has 2 heterocycles. The molecule has 0 aromatic heterocycles. The molecule has 106 valence electrons. The largest absolute Gasteiger partial charge is 0.396 e. The van der Waals surface area contributed by atoms with Gasteiger partial charge in [-0.3, -0.25) is 0 Å². The summed E-state index contributed by atoms with van der Waals surface area (Å²) in [5, 5.41) is 9.29. The minimum atomic E-state index is 0.370. The van der Waals surface area contributed by atoms with Gasteiger partial charge in [0.05, 0.1) is 0 Å². The molecule has 0 aliphatic carbocycles. The van der Waals surface area contributed by atoms with Crippen LogP contribution in [0.2, 0.25) is 0 Å². The van der Waals surface area contributed by atoms with E-state index in [2.05, 4.69) is 16.7 Å². The third kappa shape index (κ3) is 4.22. The second-order valence-corrected chi connectivity index (χ2v) is 6.23. The van der Waals surface area contributed by atoms with Crippen molar-refractivity contribution in [1.82, 2.24) is 9.80 Å². The zero-order chi connectivity index (χ0) is 12.8. The molecule has 2 saturated heterocycles. The number of aliphatic hydroxyl groups is 1. The van der Waals surface area contributed by atoms with Gasteiger partial charge in [-0.15, -0.1) is 0 Å². The van der Waals surface area contributed by atoms with Crippen LogP contribution in [0.1, 0.15) is 45.4 Å². The molecule has 0 bridgehead atoms. The first-order chi connectivity index (χ1) is 8.79. The Hall–Kier alpha value is -0.120. The van der Waals surface area contributed by atoms with Crippen LogP contribution in [0.25, 0.3) is 0 Å². The maximum Gasteiger partial charge on any atom is 0.0471 e. The molecule has 1 N–H and O–H groups in total. The van der Waals surface area contributed by atoms with Crippen molar-refractivity contribution in [3.63, 3.8) is 0 Å². The van der Waals surface area contributed by atoms with Crippen LogP contribution in [-0.2, 0) is 0 Å². The maximum atomic E-state index is 9.29. The summed E-state index contributed by atoms with van der Waals surface area (Å²) in [4.78, 5) is 5.22. The van der Waals surface area contributed by atoms with E-state index in [1.807, 2.05) is 0 Å². The number of rotatable bonds is 5. The van der Waals surface area contributed by atoms with Crippen molar-refractivity contribution in [3.8, 4) is 0 Å². The summed E-state index contributed by atoms with van der Waals surface area (Å²) < 4.78 is 0. The molecule has 2 aliphatic rings. The monoisotopic (exact) mass is 254 g/mol. The van der Waals surface area contributed by atoms with Crippen LogP contribution in [0.15, 0.2) is 0 Å². The summed E-state index contributed by atoms with van der Waals surface area (Å²) in [6.45, 7) is 8.94. The van der Waals surface area contributed by atoms with E-state index in [9.17, 15) is 5.11 Å². The second-order valence-electron chi connectivity index (χ2n) is 6.23. The van der Waals surface area contributed by atoms with Crippen LogP contribution >= 0.6 is 0 Å². The van der Waals surface area contributed by atoms with Crippen LogP contribution in [0.3, 0.4) is 0 Å². The number of aliphatic hydroxyl groups excluding tert-OH is 1. The molecule has 2 atom stereocenters. The lowest BCUT2D eigenvalue weighted by molar-refractivity contribution is 0.0781. The molecule has 0 radical (unpaired) electrons. The van der Waals surface area contributed by atoms with Crippen molar-refractivity contribution >= 4 is 0 Å². The molecule has 2 rings (SSSR count). The van der Waals surface area contributed by atoms with E-state index in [1.165, 1.54) is 64.7 Å². The Kier molecular flexibility index (Phi) is 5.93. The summed E-state index contributed by atoms with van der Waals surface area (Å²) >= 11 is 0. The first kappa shape index (κ1) is 14.3. The van der Waals surface area contributed by atoms with E-state index in [4.69, 9.17) is 0 Å². The summed E-state index contributed by atoms with van der Waals surface area (Å²) in [6.07, 6.45) is 7.98. The van der Waals surface area contributed by atoms with Gasteiger partial charge in [0.15, 0.2) is 0 Å². The third-order valence-corrected chi connectivity index (χ3v) is 4.74. The Morgan fingerprint density at radius 1 is 1.06 bits per heavy atom. The molecule has 0 amide bonds. The van der Waals surface area contributed by atoms with Gasteiger partial charge in [0.25, 0.3) is 0 Å². The highest BCUT2D eigenvalue weighted by molar-refractivity contribution is 4.79. The smallest absolute Gasteiger partial charge is 0.0471 e. The Morgan fingerprint density at radius 2 is 1.83 bits per heavy atom. The SMILES string of the molecule is C[C@@H]1CC[C@@H](CO)CN1CCCN1CCCCC1. The van der Waals surface area contributed by atoms with E-state index in [1.54, 1.807) is 0 Å². The van der Waals surface area contributed by atoms with Crippen LogP contribution in [0, 0.1) is 5.92 Å². The topological polar surface area (TPSA) is 26.7 Å². The van der Waals surface area contributed by atoms with E-state index < -0.39 is 0 Å². The molecule has 0 spiro atoms. The predicted octanol–water partition coefficient (Wildman–Crippen LogP) is 1.96. The zero-order valence-electron chi connectivity index (χ0n) is 12.0. The zero-order valence-corrected chi connectivity index (χ0v) is 12.0. The van der Waals surface area contributed by atoms with Crippen molar-refractivity contribution in [2.75, 3.05) is 39.3 Å². The number of likely N-dealkylation sites (tertiary alicyclic amines) is 2. The van der Waals surface area contributed by atoms with Crippen LogP contribution < -0.4 is 0 Å². The lowest BCUT2D eigenvalue weighted by atomic mass is 9.94. The number of piperidine rings is 2. The fourth-order valence-electron chi connectivity index (χ4n) is 3.40. The van der Waals surface area contributed by atoms with Crippen molar-refractivity contribution in [1.29, 1.82) is 0 Å². The van der Waals surface area contributed by atoms with Crippen molar-refractivity contribution in [3.05, 3.63) is 0 Å². The predicted molar refractivity (Wildman–Crippen MR) is 75.8 cm³/mol. The first-order valence-electron chi connectivity index (χ1n) is 7.87. The molecule has 0 aromatic carbocycles. The minimum absolute atomic E-state index is 0.370. The van der Waals surface area contributed by atoms with Gasteiger partial charge < -0.3 is 14.9 Å². The lowest BCUT2D eigenvalue weighted by Gasteiger charge is -2.38. The Morgan fingerprint density at radius 3 is 2.56 bits per heavy atom. The fourth-order valence-corrected chi connectivity index (χ4v) is 3.40. The highest BCUT2D eigenvalue weighted by Crippen LogP contribution is 2.21. The van der Waals surface area contributed by atoms with Crippen molar-refractivity contribution in [2.45, 2.75) is 51.5 Å². The Bertz CT molecular complexity index is 229. The van der Waals surface area contributed by atoms with Gasteiger partial charge in [-0.1, -0.05) is 6.42 Å². The summed E-state index contributed by atoms with van der Waals surface area (Å²) in [5.41, 5.74) is 0. The highest BCUT2D eigenvalue weighted by Gasteiger charge is 2.24. The minimum Gasteiger partial charge on any atom is -0.396 e. The van der Waals surface area contributed by atoms with Gasteiger partial charge in [0.2, 0.25) is 0 Å². The molecule has 18 heavy (non-hydrogen) atoms. The fraction of sp³-hybridized carbons (Fsp3) is 1.00. The van der Waals surface area contributed by atoms with Crippen molar-refractivity contribution < 1.29 is 5.11 Å². The molecule has 0 unspecified atom stereocenters. The van der Waals surface area contributed by atoms with Crippen LogP contribution in [0.5, 0.6) is 0 Å². The van der Waals surface area contributed by atoms with Crippen LogP contribution in [-0.4, -0.2) is 60.3 Å². The average molecular weight is 254 g/mol. The number of hydrogen-bond donors (Lipinski definition) is 1. The van der Waals surface area contributed by atoms with Gasteiger partial charge >= 0.3 is 0 Å². The molecule has 2 fully saturated rings. The van der Waals surface area contributed by atoms with Gasteiger partial charge in [-0.2, -0.15) is 0 Å². The van der Waals surface area contributed by atoms with Gasteiger partial charge in [-0.25, -0.2) is 0 Å². The van der Waals surface area contributed by atoms with E-state index in [0.29, 0.717) is 18.6 Å². The van der Waals surface area contributed by atoms with Gasteiger partial charge in [0.1, 0.15) is 0 Å². The average Bonchev–Trinajstić information content (AvgIpc) is 2.42. The van der Waals surface area contributed by atoms with E-state index >= 15 is 0 Å². The Balaban J connectivity index is 1.64.